The van der Waals surface area contributed by atoms with Crippen molar-refractivity contribution in [3.05, 3.63) is 59.7 Å². The molecule has 0 fully saturated rings. The summed E-state index contributed by atoms with van der Waals surface area (Å²) in [5.74, 6) is -0.424. The summed E-state index contributed by atoms with van der Waals surface area (Å²) in [4.78, 5) is 24.6. The first kappa shape index (κ1) is 24.8. The van der Waals surface area contributed by atoms with Crippen LogP contribution in [0, 0.1) is 0 Å². The molecule has 172 valence electrons. The molecule has 2 aromatic rings. The van der Waals surface area contributed by atoms with Crippen molar-refractivity contribution in [1.29, 1.82) is 0 Å². The van der Waals surface area contributed by atoms with E-state index in [9.17, 15) is 22.8 Å². The van der Waals surface area contributed by atoms with Crippen LogP contribution in [0.3, 0.4) is 0 Å². The largest absolute Gasteiger partial charge is 0.497 e. The number of ether oxygens (including phenoxy) is 2. The summed E-state index contributed by atoms with van der Waals surface area (Å²) in [6.07, 6.45) is -1.12. The molecule has 0 spiro atoms. The fraction of sp³-hybridized carbons (Fsp3) is 0.304. The zero-order valence-corrected chi connectivity index (χ0v) is 18.0. The SMILES string of the molecule is CCCOc1ccc(C(F)(F)F)cc1NC(=O)C(C)NC(=O)/C=C/c1ccc(OC)cc1. The molecule has 6 nitrogen and oxygen atoms in total. The van der Waals surface area contributed by atoms with Gasteiger partial charge in [-0.05, 0) is 55.3 Å². The first-order valence-corrected chi connectivity index (χ1v) is 9.91. The number of benzene rings is 2. The van der Waals surface area contributed by atoms with Crippen LogP contribution in [0.5, 0.6) is 11.5 Å². The summed E-state index contributed by atoms with van der Waals surface area (Å²) in [5.41, 5.74) is -0.288. The highest BCUT2D eigenvalue weighted by Gasteiger charge is 2.31. The van der Waals surface area contributed by atoms with Gasteiger partial charge in [-0.2, -0.15) is 13.2 Å². The van der Waals surface area contributed by atoms with E-state index in [1.165, 1.54) is 13.0 Å². The van der Waals surface area contributed by atoms with Crippen molar-refractivity contribution in [2.24, 2.45) is 0 Å². The minimum Gasteiger partial charge on any atom is -0.497 e. The average Bonchev–Trinajstić information content (AvgIpc) is 2.76. The lowest BCUT2D eigenvalue weighted by Gasteiger charge is -2.17. The molecule has 0 aliphatic carbocycles. The van der Waals surface area contributed by atoms with Crippen LogP contribution in [-0.4, -0.2) is 31.6 Å². The van der Waals surface area contributed by atoms with Crippen molar-refractivity contribution >= 4 is 23.6 Å². The van der Waals surface area contributed by atoms with Gasteiger partial charge < -0.3 is 20.1 Å². The maximum Gasteiger partial charge on any atom is 0.416 e. The van der Waals surface area contributed by atoms with Crippen LogP contribution in [0.25, 0.3) is 6.08 Å². The second-order valence-corrected chi connectivity index (χ2v) is 6.88. The van der Waals surface area contributed by atoms with Gasteiger partial charge in [0.15, 0.2) is 0 Å². The average molecular weight is 450 g/mol. The van der Waals surface area contributed by atoms with Crippen LogP contribution in [0.15, 0.2) is 48.5 Å². The molecule has 0 bridgehead atoms. The standard InChI is InChI=1S/C23H25F3N2O4/c1-4-13-32-20-11-8-17(23(24,25)26)14-19(20)28-22(30)15(2)27-21(29)12-7-16-5-9-18(31-3)10-6-16/h5-12,14-15H,4,13H2,1-3H3,(H,27,29)(H,28,30)/b12-7+. The lowest BCUT2D eigenvalue weighted by molar-refractivity contribution is -0.137. The van der Waals surface area contributed by atoms with Crippen molar-refractivity contribution < 1.29 is 32.2 Å². The summed E-state index contributed by atoms with van der Waals surface area (Å²) in [6, 6.07) is 8.83. The van der Waals surface area contributed by atoms with Crippen molar-refractivity contribution in [1.82, 2.24) is 5.32 Å². The Balaban J connectivity index is 2.05. The Bertz CT molecular complexity index is 957. The van der Waals surface area contributed by atoms with Gasteiger partial charge in [-0.1, -0.05) is 19.1 Å². The zero-order valence-electron chi connectivity index (χ0n) is 18.0. The lowest BCUT2D eigenvalue weighted by atomic mass is 10.1. The van der Waals surface area contributed by atoms with Gasteiger partial charge in [0.1, 0.15) is 17.5 Å². The Kier molecular flexibility index (Phi) is 8.69. The van der Waals surface area contributed by atoms with E-state index in [1.807, 2.05) is 6.92 Å². The minimum absolute atomic E-state index is 0.117. The Hall–Kier alpha value is -3.49. The predicted molar refractivity (Wildman–Crippen MR) is 115 cm³/mol. The number of hydrogen-bond acceptors (Lipinski definition) is 4. The number of carbonyl (C=O) groups is 2. The molecule has 2 rings (SSSR count). The maximum absolute atomic E-state index is 13.1. The molecule has 0 heterocycles. The number of anilines is 1. The van der Waals surface area contributed by atoms with E-state index in [2.05, 4.69) is 10.6 Å². The predicted octanol–water partition coefficient (Wildman–Crippen LogP) is 4.66. The first-order valence-electron chi connectivity index (χ1n) is 9.91. The van der Waals surface area contributed by atoms with Gasteiger partial charge >= 0.3 is 6.18 Å². The molecule has 2 N–H and O–H groups in total. The number of alkyl halides is 3. The monoisotopic (exact) mass is 450 g/mol. The molecule has 1 unspecified atom stereocenters. The van der Waals surface area contributed by atoms with Gasteiger partial charge in [0.05, 0.1) is 25.0 Å². The number of hydrogen-bond donors (Lipinski definition) is 2. The van der Waals surface area contributed by atoms with Crippen molar-refractivity contribution in [3.8, 4) is 11.5 Å². The summed E-state index contributed by atoms with van der Waals surface area (Å²) in [6.45, 7) is 3.55. The van der Waals surface area contributed by atoms with Crippen LogP contribution in [0.2, 0.25) is 0 Å². The molecule has 0 aliphatic rings. The summed E-state index contributed by atoms with van der Waals surface area (Å²) in [7, 11) is 1.54. The third kappa shape index (κ3) is 7.33. The topological polar surface area (TPSA) is 76.7 Å². The summed E-state index contributed by atoms with van der Waals surface area (Å²) in [5, 5.41) is 4.88. The van der Waals surface area contributed by atoms with Crippen LogP contribution in [0.1, 0.15) is 31.4 Å². The molecule has 1 atom stereocenters. The molecule has 0 radical (unpaired) electrons. The van der Waals surface area contributed by atoms with Crippen LogP contribution in [0.4, 0.5) is 18.9 Å². The van der Waals surface area contributed by atoms with Crippen LogP contribution >= 0.6 is 0 Å². The molecule has 0 saturated heterocycles. The summed E-state index contributed by atoms with van der Waals surface area (Å²) >= 11 is 0. The fourth-order valence-electron chi connectivity index (χ4n) is 2.60. The fourth-order valence-corrected chi connectivity index (χ4v) is 2.60. The minimum atomic E-state index is -4.57. The van der Waals surface area contributed by atoms with E-state index in [4.69, 9.17) is 9.47 Å². The molecular weight excluding hydrogens is 425 g/mol. The van der Waals surface area contributed by atoms with Crippen LogP contribution < -0.4 is 20.1 Å². The highest BCUT2D eigenvalue weighted by molar-refractivity contribution is 6.00. The molecule has 0 saturated carbocycles. The maximum atomic E-state index is 13.1. The molecule has 2 amide bonds. The smallest absolute Gasteiger partial charge is 0.416 e. The Morgan fingerprint density at radius 2 is 1.81 bits per heavy atom. The molecule has 9 heteroatoms. The van der Waals surface area contributed by atoms with Crippen molar-refractivity contribution in [2.45, 2.75) is 32.5 Å². The molecule has 0 aromatic heterocycles. The molecule has 2 aromatic carbocycles. The second-order valence-electron chi connectivity index (χ2n) is 6.88. The number of rotatable bonds is 9. The van der Waals surface area contributed by atoms with Gasteiger partial charge in [-0.25, -0.2) is 0 Å². The number of amides is 2. The van der Waals surface area contributed by atoms with Crippen molar-refractivity contribution in [2.75, 3.05) is 19.0 Å². The van der Waals surface area contributed by atoms with Gasteiger partial charge in [0.25, 0.3) is 0 Å². The summed E-state index contributed by atoms with van der Waals surface area (Å²) < 4.78 is 49.7. The van der Waals surface area contributed by atoms with E-state index in [0.717, 1.165) is 23.8 Å². The van der Waals surface area contributed by atoms with Gasteiger partial charge in [-0.3, -0.25) is 9.59 Å². The first-order chi connectivity index (χ1) is 15.1. The quantitative estimate of drug-likeness (QED) is 0.545. The van der Waals surface area contributed by atoms with E-state index in [-0.39, 0.29) is 18.0 Å². The highest BCUT2D eigenvalue weighted by atomic mass is 19.4. The van der Waals surface area contributed by atoms with E-state index in [0.29, 0.717) is 12.2 Å². The number of carbonyl (C=O) groups excluding carboxylic acids is 2. The number of methoxy groups -OCH3 is 1. The molecule has 32 heavy (non-hydrogen) atoms. The number of nitrogens with one attached hydrogen (secondary N) is 2. The van der Waals surface area contributed by atoms with Gasteiger partial charge in [0.2, 0.25) is 11.8 Å². The van der Waals surface area contributed by atoms with E-state index in [1.54, 1.807) is 37.5 Å². The van der Waals surface area contributed by atoms with E-state index < -0.39 is 29.6 Å². The Labute approximate surface area is 184 Å². The second kappa shape index (κ2) is 11.2. The lowest BCUT2D eigenvalue weighted by Crippen LogP contribution is -2.41. The van der Waals surface area contributed by atoms with Gasteiger partial charge in [0, 0.05) is 6.08 Å². The van der Waals surface area contributed by atoms with E-state index >= 15 is 0 Å². The number of halogens is 3. The Morgan fingerprint density at radius 3 is 2.41 bits per heavy atom. The normalized spacial score (nSPS) is 12.3. The van der Waals surface area contributed by atoms with Crippen molar-refractivity contribution in [3.63, 3.8) is 0 Å². The van der Waals surface area contributed by atoms with Gasteiger partial charge in [-0.15, -0.1) is 0 Å². The molecule has 0 aliphatic heterocycles. The zero-order chi connectivity index (χ0) is 23.7. The third-order valence-corrected chi connectivity index (χ3v) is 4.32. The van der Waals surface area contributed by atoms with Crippen LogP contribution in [-0.2, 0) is 15.8 Å². The molecular formula is C23H25F3N2O4. The Morgan fingerprint density at radius 1 is 1.12 bits per heavy atom. The highest BCUT2D eigenvalue weighted by Crippen LogP contribution is 2.35. The third-order valence-electron chi connectivity index (χ3n) is 4.32.